The second-order valence-corrected chi connectivity index (χ2v) is 5.41. The average molecular weight is 294 g/mol. The van der Waals surface area contributed by atoms with E-state index in [2.05, 4.69) is 5.32 Å². The van der Waals surface area contributed by atoms with E-state index in [4.69, 9.17) is 4.74 Å². The molecule has 1 aromatic rings. The maximum absolute atomic E-state index is 12.7. The fourth-order valence-electron chi connectivity index (χ4n) is 2.26. The summed E-state index contributed by atoms with van der Waals surface area (Å²) in [7, 11) is 0. The van der Waals surface area contributed by atoms with E-state index in [1.807, 2.05) is 0 Å². The van der Waals surface area contributed by atoms with E-state index >= 15 is 0 Å². The summed E-state index contributed by atoms with van der Waals surface area (Å²) in [6.45, 7) is 4.60. The topological polar surface area (TPSA) is 58.6 Å². The second kappa shape index (κ2) is 6.11. The predicted octanol–water partition coefficient (Wildman–Crippen LogP) is 1.33. The first-order valence-corrected chi connectivity index (χ1v) is 6.88. The Balaban J connectivity index is 1.87. The van der Waals surface area contributed by atoms with Crippen LogP contribution in [0.3, 0.4) is 0 Å². The number of nitrogens with zero attached hydrogens (tertiary/aromatic N) is 1. The highest BCUT2D eigenvalue weighted by molar-refractivity contribution is 5.91. The molecule has 0 aliphatic carbocycles. The lowest BCUT2D eigenvalue weighted by molar-refractivity contribution is -0.149. The fraction of sp³-hybridized carbons (Fsp3) is 0.467. The van der Waals surface area contributed by atoms with E-state index in [1.54, 1.807) is 18.7 Å². The van der Waals surface area contributed by atoms with Crippen LogP contribution >= 0.6 is 0 Å². The van der Waals surface area contributed by atoms with Crippen molar-refractivity contribution in [2.45, 2.75) is 25.8 Å². The van der Waals surface area contributed by atoms with Gasteiger partial charge in [0.15, 0.2) is 0 Å². The molecular formula is C15H19FN2O3. The number of hydrogen-bond donors (Lipinski definition) is 1. The van der Waals surface area contributed by atoms with Gasteiger partial charge in [-0.3, -0.25) is 9.59 Å². The molecule has 6 heteroatoms. The Hall–Kier alpha value is -2.11. The molecule has 0 saturated carbocycles. The first-order valence-electron chi connectivity index (χ1n) is 6.88. The maximum atomic E-state index is 12.7. The molecule has 0 spiro atoms. The van der Waals surface area contributed by atoms with Crippen LogP contribution in [0.15, 0.2) is 24.3 Å². The number of nitrogens with one attached hydrogen (secondary N) is 1. The molecule has 0 aromatic heterocycles. The first kappa shape index (κ1) is 15.3. The van der Waals surface area contributed by atoms with Gasteiger partial charge in [0.1, 0.15) is 17.1 Å². The molecule has 0 bridgehead atoms. The van der Waals surface area contributed by atoms with Gasteiger partial charge in [-0.2, -0.15) is 0 Å². The zero-order valence-electron chi connectivity index (χ0n) is 12.2. The van der Waals surface area contributed by atoms with Gasteiger partial charge >= 0.3 is 0 Å². The van der Waals surface area contributed by atoms with Gasteiger partial charge in [-0.25, -0.2) is 4.39 Å². The summed E-state index contributed by atoms with van der Waals surface area (Å²) in [5, 5.41) is 2.74. The standard InChI is InChI=1S/C15H19FN2O3/c1-15(2)14(20)17-8-9-18(15)13(19)7-10-21-12-5-3-11(16)4-6-12/h3-6H,7-10H2,1-2H3,(H,17,20). The van der Waals surface area contributed by atoms with Crippen molar-refractivity contribution in [1.82, 2.24) is 10.2 Å². The van der Waals surface area contributed by atoms with Crippen LogP contribution in [0.1, 0.15) is 20.3 Å². The van der Waals surface area contributed by atoms with Gasteiger partial charge in [-0.1, -0.05) is 0 Å². The normalized spacial score (nSPS) is 17.3. The molecule has 114 valence electrons. The molecule has 21 heavy (non-hydrogen) atoms. The number of rotatable bonds is 4. The zero-order chi connectivity index (χ0) is 15.5. The molecule has 1 fully saturated rings. The van der Waals surface area contributed by atoms with E-state index in [0.717, 1.165) is 0 Å². The van der Waals surface area contributed by atoms with Gasteiger partial charge in [-0.05, 0) is 38.1 Å². The highest BCUT2D eigenvalue weighted by atomic mass is 19.1. The van der Waals surface area contributed by atoms with Crippen LogP contribution in [0.5, 0.6) is 5.75 Å². The Bertz CT molecular complexity index is 528. The molecule has 2 amide bonds. The van der Waals surface area contributed by atoms with E-state index in [0.29, 0.717) is 18.8 Å². The minimum atomic E-state index is -0.842. The van der Waals surface area contributed by atoms with Crippen molar-refractivity contribution in [2.24, 2.45) is 0 Å². The number of carbonyl (C=O) groups excluding carboxylic acids is 2. The summed E-state index contributed by atoms with van der Waals surface area (Å²) in [6.07, 6.45) is 0.175. The van der Waals surface area contributed by atoms with Crippen molar-refractivity contribution in [2.75, 3.05) is 19.7 Å². The monoisotopic (exact) mass is 294 g/mol. The number of halogens is 1. The molecule has 1 saturated heterocycles. The van der Waals surface area contributed by atoms with Crippen molar-refractivity contribution in [1.29, 1.82) is 0 Å². The lowest BCUT2D eigenvalue weighted by Crippen LogP contribution is -2.63. The number of carbonyl (C=O) groups is 2. The third-order valence-electron chi connectivity index (χ3n) is 3.55. The maximum Gasteiger partial charge on any atom is 0.245 e. The SMILES string of the molecule is CC1(C)C(=O)NCCN1C(=O)CCOc1ccc(F)cc1. The lowest BCUT2D eigenvalue weighted by atomic mass is 9.98. The van der Waals surface area contributed by atoms with Crippen molar-refractivity contribution in [3.8, 4) is 5.75 Å². The van der Waals surface area contributed by atoms with E-state index in [1.165, 1.54) is 24.3 Å². The Morgan fingerprint density at radius 2 is 2.05 bits per heavy atom. The zero-order valence-corrected chi connectivity index (χ0v) is 12.2. The smallest absolute Gasteiger partial charge is 0.245 e. The molecule has 0 atom stereocenters. The molecular weight excluding hydrogens is 275 g/mol. The highest BCUT2D eigenvalue weighted by Gasteiger charge is 2.39. The predicted molar refractivity (Wildman–Crippen MR) is 75.3 cm³/mol. The molecule has 5 nitrogen and oxygen atoms in total. The molecule has 0 radical (unpaired) electrons. The molecule has 1 N–H and O–H groups in total. The van der Waals surface area contributed by atoms with Gasteiger partial charge in [-0.15, -0.1) is 0 Å². The molecule has 2 rings (SSSR count). The van der Waals surface area contributed by atoms with Gasteiger partial charge in [0.25, 0.3) is 0 Å². The van der Waals surface area contributed by atoms with Crippen LogP contribution in [0.2, 0.25) is 0 Å². The number of hydrogen-bond acceptors (Lipinski definition) is 3. The molecule has 0 unspecified atom stereocenters. The van der Waals surface area contributed by atoms with Crippen molar-refractivity contribution in [3.63, 3.8) is 0 Å². The van der Waals surface area contributed by atoms with Crippen LogP contribution in [0.25, 0.3) is 0 Å². The highest BCUT2D eigenvalue weighted by Crippen LogP contribution is 2.19. The lowest BCUT2D eigenvalue weighted by Gasteiger charge is -2.41. The number of piperazine rings is 1. The van der Waals surface area contributed by atoms with Crippen LogP contribution in [-0.4, -0.2) is 41.9 Å². The first-order chi connectivity index (χ1) is 9.91. The molecule has 1 heterocycles. The van der Waals surface area contributed by atoms with Gasteiger partial charge in [0.2, 0.25) is 11.8 Å². The van der Waals surface area contributed by atoms with E-state index < -0.39 is 5.54 Å². The molecule has 1 aliphatic rings. The summed E-state index contributed by atoms with van der Waals surface area (Å²) in [6, 6.07) is 5.63. The fourth-order valence-corrected chi connectivity index (χ4v) is 2.26. The Kier molecular flexibility index (Phi) is 4.45. The van der Waals surface area contributed by atoms with Crippen molar-refractivity contribution < 1.29 is 18.7 Å². The average Bonchev–Trinajstić information content (AvgIpc) is 2.44. The van der Waals surface area contributed by atoms with Crippen LogP contribution in [0, 0.1) is 5.82 Å². The third-order valence-corrected chi connectivity index (χ3v) is 3.55. The number of ether oxygens (including phenoxy) is 1. The van der Waals surface area contributed by atoms with Crippen LogP contribution in [-0.2, 0) is 9.59 Å². The number of amides is 2. The summed E-state index contributed by atoms with van der Waals surface area (Å²) < 4.78 is 18.2. The quantitative estimate of drug-likeness (QED) is 0.911. The minimum Gasteiger partial charge on any atom is -0.493 e. The summed E-state index contributed by atoms with van der Waals surface area (Å²) in [4.78, 5) is 25.6. The Morgan fingerprint density at radius 1 is 1.38 bits per heavy atom. The van der Waals surface area contributed by atoms with Crippen molar-refractivity contribution >= 4 is 11.8 Å². The van der Waals surface area contributed by atoms with Gasteiger partial charge < -0.3 is 15.0 Å². The number of benzene rings is 1. The van der Waals surface area contributed by atoms with Crippen LogP contribution < -0.4 is 10.1 Å². The minimum absolute atomic E-state index is 0.128. The Labute approximate surface area is 123 Å². The second-order valence-electron chi connectivity index (χ2n) is 5.41. The molecule has 1 aromatic carbocycles. The third kappa shape index (κ3) is 3.51. The van der Waals surface area contributed by atoms with Crippen LogP contribution in [0.4, 0.5) is 4.39 Å². The van der Waals surface area contributed by atoms with Gasteiger partial charge in [0, 0.05) is 13.1 Å². The molecule has 1 aliphatic heterocycles. The van der Waals surface area contributed by atoms with Gasteiger partial charge in [0.05, 0.1) is 13.0 Å². The Morgan fingerprint density at radius 3 is 2.71 bits per heavy atom. The van der Waals surface area contributed by atoms with E-state index in [9.17, 15) is 14.0 Å². The summed E-state index contributed by atoms with van der Waals surface area (Å²) in [5.74, 6) is -0.0992. The van der Waals surface area contributed by atoms with Crippen molar-refractivity contribution in [3.05, 3.63) is 30.1 Å². The summed E-state index contributed by atoms with van der Waals surface area (Å²) in [5.41, 5.74) is -0.842. The summed E-state index contributed by atoms with van der Waals surface area (Å²) >= 11 is 0. The largest absolute Gasteiger partial charge is 0.493 e. The van der Waals surface area contributed by atoms with E-state index in [-0.39, 0.29) is 30.7 Å².